The molecule has 1 N–H and O–H groups in total. The van der Waals surface area contributed by atoms with E-state index in [1.807, 2.05) is 0 Å². The van der Waals surface area contributed by atoms with Crippen molar-refractivity contribution in [3.8, 4) is 5.75 Å². The summed E-state index contributed by atoms with van der Waals surface area (Å²) in [7, 11) is 0. The molecular formula is C20H16F6N2O4. The molecule has 0 bridgehead atoms. The van der Waals surface area contributed by atoms with Crippen molar-refractivity contribution in [1.82, 2.24) is 10.2 Å². The Labute approximate surface area is 177 Å². The lowest BCUT2D eigenvalue weighted by atomic mass is 10.0. The molecule has 0 radical (unpaired) electrons. The summed E-state index contributed by atoms with van der Waals surface area (Å²) in [5.41, 5.74) is -1.35. The van der Waals surface area contributed by atoms with Gasteiger partial charge in [0.15, 0.2) is 0 Å². The third-order valence-corrected chi connectivity index (χ3v) is 4.68. The van der Waals surface area contributed by atoms with Gasteiger partial charge in [-0.15, -0.1) is 0 Å². The van der Waals surface area contributed by atoms with Crippen molar-refractivity contribution in [3.05, 3.63) is 65.0 Å². The number of hydrogen-bond acceptors (Lipinski definition) is 4. The molecule has 1 heterocycles. The zero-order chi connectivity index (χ0) is 23.6. The number of ether oxygens (including phenoxy) is 2. The number of halogens is 6. The van der Waals surface area contributed by atoms with Crippen LogP contribution >= 0.6 is 0 Å². The largest absolute Gasteiger partial charge is 0.439 e. The number of alkyl halides is 5. The molecule has 2 atom stereocenters. The molecule has 0 unspecified atom stereocenters. The maximum atomic E-state index is 13.7. The lowest BCUT2D eigenvalue weighted by Crippen LogP contribution is -2.44. The van der Waals surface area contributed by atoms with E-state index >= 15 is 0 Å². The van der Waals surface area contributed by atoms with Crippen LogP contribution in [0.3, 0.4) is 0 Å². The Morgan fingerprint density at radius 2 is 1.91 bits per heavy atom. The maximum absolute atomic E-state index is 13.7. The van der Waals surface area contributed by atoms with Crippen LogP contribution in [0.2, 0.25) is 0 Å². The summed E-state index contributed by atoms with van der Waals surface area (Å²) in [6.07, 6.45) is -7.33. The second kappa shape index (κ2) is 8.97. The SMILES string of the molecule is C[C@H]1[C@@H](c2cc(F)cc(C(F)(F)F)c2)OC(=O)N1C(=O)NCc1ccccc1OC(F)F. The molecule has 32 heavy (non-hydrogen) atoms. The third-order valence-electron chi connectivity index (χ3n) is 4.68. The monoisotopic (exact) mass is 462 g/mol. The predicted molar refractivity (Wildman–Crippen MR) is 97.2 cm³/mol. The summed E-state index contributed by atoms with van der Waals surface area (Å²) in [4.78, 5) is 25.3. The highest BCUT2D eigenvalue weighted by Gasteiger charge is 2.44. The lowest BCUT2D eigenvalue weighted by Gasteiger charge is -2.21. The van der Waals surface area contributed by atoms with E-state index < -0.39 is 48.4 Å². The van der Waals surface area contributed by atoms with Gasteiger partial charge in [0.2, 0.25) is 0 Å². The first-order valence-corrected chi connectivity index (χ1v) is 9.15. The van der Waals surface area contributed by atoms with Crippen molar-refractivity contribution in [2.45, 2.75) is 38.4 Å². The topological polar surface area (TPSA) is 67.9 Å². The van der Waals surface area contributed by atoms with Gasteiger partial charge >= 0.3 is 24.9 Å². The van der Waals surface area contributed by atoms with Gasteiger partial charge in [0, 0.05) is 12.1 Å². The Kier molecular flexibility index (Phi) is 6.51. The Hall–Kier alpha value is -3.44. The number of nitrogens with zero attached hydrogens (tertiary/aromatic N) is 1. The number of amides is 3. The number of carbonyl (C=O) groups is 2. The van der Waals surface area contributed by atoms with Crippen LogP contribution < -0.4 is 10.1 Å². The van der Waals surface area contributed by atoms with E-state index in [2.05, 4.69) is 10.1 Å². The molecule has 12 heteroatoms. The Morgan fingerprint density at radius 1 is 1.22 bits per heavy atom. The number of para-hydroxylation sites is 1. The first kappa shape index (κ1) is 23.2. The highest BCUT2D eigenvalue weighted by Crippen LogP contribution is 2.37. The lowest BCUT2D eigenvalue weighted by molar-refractivity contribution is -0.137. The van der Waals surface area contributed by atoms with E-state index in [9.17, 15) is 35.9 Å². The molecule has 0 saturated carbocycles. The van der Waals surface area contributed by atoms with E-state index in [0.717, 1.165) is 6.07 Å². The molecule has 2 aromatic carbocycles. The average Bonchev–Trinajstić information content (AvgIpc) is 2.99. The van der Waals surface area contributed by atoms with Crippen molar-refractivity contribution in [2.24, 2.45) is 0 Å². The molecular weight excluding hydrogens is 446 g/mol. The van der Waals surface area contributed by atoms with Crippen LogP contribution in [0.5, 0.6) is 5.75 Å². The van der Waals surface area contributed by atoms with Crippen LogP contribution in [-0.4, -0.2) is 29.7 Å². The second-order valence-corrected chi connectivity index (χ2v) is 6.83. The molecule has 0 aromatic heterocycles. The zero-order valence-corrected chi connectivity index (χ0v) is 16.3. The standard InChI is InChI=1S/C20H16F6N2O4/c1-10-16(12-6-13(20(24,25)26)8-14(21)7-12)32-19(30)28(10)18(29)27-9-11-4-2-3-5-15(11)31-17(22)23/h2-8,10,16-17H,9H2,1H3,(H,27,29)/t10-,16-/m0/s1. The number of urea groups is 1. The second-order valence-electron chi connectivity index (χ2n) is 6.83. The molecule has 2 aromatic rings. The molecule has 3 amide bonds. The summed E-state index contributed by atoms with van der Waals surface area (Å²) >= 11 is 0. The van der Waals surface area contributed by atoms with Crippen molar-refractivity contribution < 1.29 is 45.4 Å². The van der Waals surface area contributed by atoms with Crippen molar-refractivity contribution in [1.29, 1.82) is 0 Å². The molecule has 0 aliphatic carbocycles. The Bertz CT molecular complexity index is 1010. The summed E-state index contributed by atoms with van der Waals surface area (Å²) in [6.45, 7) is -2.04. The summed E-state index contributed by atoms with van der Waals surface area (Å²) < 4.78 is 87.0. The van der Waals surface area contributed by atoms with Crippen LogP contribution in [0.1, 0.15) is 29.7 Å². The number of hydrogen-bond donors (Lipinski definition) is 1. The number of benzene rings is 2. The quantitative estimate of drug-likeness (QED) is 0.618. The highest BCUT2D eigenvalue weighted by atomic mass is 19.4. The van der Waals surface area contributed by atoms with Gasteiger partial charge in [-0.2, -0.15) is 22.0 Å². The molecule has 0 spiro atoms. The van der Waals surface area contributed by atoms with Gasteiger partial charge in [-0.25, -0.2) is 18.9 Å². The Balaban J connectivity index is 1.75. The number of nitrogens with one attached hydrogen (secondary N) is 1. The Morgan fingerprint density at radius 3 is 2.56 bits per heavy atom. The number of cyclic esters (lactones) is 1. The van der Waals surface area contributed by atoms with Crippen LogP contribution in [0.25, 0.3) is 0 Å². The van der Waals surface area contributed by atoms with Gasteiger partial charge in [0.25, 0.3) is 0 Å². The molecule has 172 valence electrons. The minimum Gasteiger partial charge on any atom is -0.439 e. The smallest absolute Gasteiger partial charge is 0.419 e. The molecule has 1 aliphatic heterocycles. The summed E-state index contributed by atoms with van der Waals surface area (Å²) in [6, 6.07) is 5.29. The van der Waals surface area contributed by atoms with Gasteiger partial charge in [-0.1, -0.05) is 18.2 Å². The fourth-order valence-corrected chi connectivity index (χ4v) is 3.24. The fourth-order valence-electron chi connectivity index (χ4n) is 3.24. The van der Waals surface area contributed by atoms with E-state index in [4.69, 9.17) is 4.74 Å². The van der Waals surface area contributed by atoms with E-state index in [1.165, 1.54) is 31.2 Å². The van der Waals surface area contributed by atoms with E-state index in [-0.39, 0.29) is 23.4 Å². The molecule has 6 nitrogen and oxygen atoms in total. The van der Waals surface area contributed by atoms with Crippen molar-refractivity contribution in [2.75, 3.05) is 0 Å². The van der Waals surface area contributed by atoms with Gasteiger partial charge < -0.3 is 14.8 Å². The predicted octanol–water partition coefficient (Wildman–Crippen LogP) is 5.24. The summed E-state index contributed by atoms with van der Waals surface area (Å²) in [5, 5.41) is 2.34. The van der Waals surface area contributed by atoms with E-state index in [0.29, 0.717) is 17.0 Å². The minimum absolute atomic E-state index is 0.183. The zero-order valence-electron chi connectivity index (χ0n) is 16.3. The molecule has 1 saturated heterocycles. The van der Waals surface area contributed by atoms with Gasteiger partial charge in [-0.05, 0) is 36.8 Å². The maximum Gasteiger partial charge on any atom is 0.419 e. The van der Waals surface area contributed by atoms with E-state index in [1.54, 1.807) is 0 Å². The third kappa shape index (κ3) is 5.06. The normalized spacial score (nSPS) is 18.6. The van der Waals surface area contributed by atoms with Crippen molar-refractivity contribution in [3.63, 3.8) is 0 Å². The van der Waals surface area contributed by atoms with Gasteiger partial charge in [0.05, 0.1) is 11.6 Å². The molecule has 1 fully saturated rings. The van der Waals surface area contributed by atoms with Gasteiger partial charge in [-0.3, -0.25) is 0 Å². The van der Waals surface area contributed by atoms with Crippen LogP contribution in [0, 0.1) is 5.82 Å². The number of imide groups is 1. The number of rotatable bonds is 5. The van der Waals surface area contributed by atoms with Crippen LogP contribution in [0.15, 0.2) is 42.5 Å². The van der Waals surface area contributed by atoms with Crippen LogP contribution in [0.4, 0.5) is 35.9 Å². The first-order valence-electron chi connectivity index (χ1n) is 9.15. The minimum atomic E-state index is -4.83. The fraction of sp³-hybridized carbons (Fsp3) is 0.300. The summed E-state index contributed by atoms with van der Waals surface area (Å²) in [5.74, 6) is -1.37. The van der Waals surface area contributed by atoms with Crippen molar-refractivity contribution >= 4 is 12.1 Å². The van der Waals surface area contributed by atoms with Crippen LogP contribution in [-0.2, 0) is 17.5 Å². The number of carbonyl (C=O) groups excluding carboxylic acids is 2. The average molecular weight is 462 g/mol. The molecule has 1 aliphatic rings. The molecule has 3 rings (SSSR count). The highest BCUT2D eigenvalue weighted by molar-refractivity contribution is 5.92. The van der Waals surface area contributed by atoms with Gasteiger partial charge in [0.1, 0.15) is 17.7 Å². The first-order chi connectivity index (χ1) is 15.0.